The third-order valence-corrected chi connectivity index (χ3v) is 9.49. The van der Waals surface area contributed by atoms with E-state index >= 15 is 0 Å². The number of Topliss-reactive ketones (excluding diaryl/α,β-unsaturated/α-hetero) is 1. The number of ether oxygens (including phenoxy) is 1. The van der Waals surface area contributed by atoms with Crippen LogP contribution in [0, 0.1) is 11.8 Å². The van der Waals surface area contributed by atoms with E-state index in [0.717, 1.165) is 6.42 Å². The summed E-state index contributed by atoms with van der Waals surface area (Å²) in [6, 6.07) is 10.4. The normalized spacial score (nSPS) is 26.5. The van der Waals surface area contributed by atoms with E-state index in [9.17, 15) is 9.59 Å². The highest BCUT2D eigenvalue weighted by molar-refractivity contribution is 6.91. The molecule has 21 heavy (non-hydrogen) atoms. The second-order valence-electron chi connectivity index (χ2n) is 6.61. The molecule has 0 aliphatic heterocycles. The predicted octanol–water partition coefficient (Wildman–Crippen LogP) is 2.76. The Morgan fingerprint density at radius 1 is 1.24 bits per heavy atom. The number of carbonyl (C=O) groups excluding carboxylic acids is 2. The van der Waals surface area contributed by atoms with Gasteiger partial charge in [-0.3, -0.25) is 9.59 Å². The van der Waals surface area contributed by atoms with Crippen molar-refractivity contribution in [3.05, 3.63) is 30.3 Å². The summed E-state index contributed by atoms with van der Waals surface area (Å²) in [5, 5.41) is 1.35. The van der Waals surface area contributed by atoms with Crippen molar-refractivity contribution in [2.45, 2.75) is 38.4 Å². The van der Waals surface area contributed by atoms with Gasteiger partial charge in [0.15, 0.2) is 0 Å². The molecule has 0 bridgehead atoms. The van der Waals surface area contributed by atoms with E-state index in [-0.39, 0.29) is 29.1 Å². The smallest absolute Gasteiger partial charge is 0.309 e. The van der Waals surface area contributed by atoms with Gasteiger partial charge < -0.3 is 4.74 Å². The van der Waals surface area contributed by atoms with Gasteiger partial charge >= 0.3 is 5.97 Å². The van der Waals surface area contributed by atoms with E-state index in [2.05, 4.69) is 37.4 Å². The zero-order valence-corrected chi connectivity index (χ0v) is 14.3. The fourth-order valence-electron chi connectivity index (χ4n) is 3.59. The summed E-state index contributed by atoms with van der Waals surface area (Å²) >= 11 is 0. The maximum atomic E-state index is 12.3. The van der Waals surface area contributed by atoms with Crippen LogP contribution in [0.3, 0.4) is 0 Å². The zero-order chi connectivity index (χ0) is 15.6. The van der Waals surface area contributed by atoms with E-state index in [1.54, 1.807) is 0 Å². The van der Waals surface area contributed by atoms with E-state index < -0.39 is 8.07 Å². The summed E-state index contributed by atoms with van der Waals surface area (Å²) in [4.78, 5) is 24.2. The number of rotatable bonds is 3. The molecular weight excluding hydrogens is 280 g/mol. The number of hydrogen-bond donors (Lipinski definition) is 0. The molecule has 0 unspecified atom stereocenters. The molecule has 1 aliphatic carbocycles. The monoisotopic (exact) mass is 304 g/mol. The number of benzene rings is 1. The molecular formula is C17H24O3Si. The zero-order valence-electron chi connectivity index (χ0n) is 13.3. The van der Waals surface area contributed by atoms with Gasteiger partial charge in [0.05, 0.1) is 21.1 Å². The second kappa shape index (κ2) is 6.14. The summed E-state index contributed by atoms with van der Waals surface area (Å²) in [6.45, 7) is 6.63. The topological polar surface area (TPSA) is 43.4 Å². The molecule has 4 heteroatoms. The standard InChI is InChI=1S/C17H24O3Si/c1-12-15(18)10-13(17(19)20-2)11-16(12)21(3,4)14-8-6-5-7-9-14/h5-9,12-13,16H,10-11H2,1-4H3/t12-,13+,16-/m0/s1. The minimum atomic E-state index is -1.81. The van der Waals surface area contributed by atoms with Crippen LogP contribution in [0.2, 0.25) is 18.6 Å². The van der Waals surface area contributed by atoms with Gasteiger partial charge in [-0.05, 0) is 12.0 Å². The van der Waals surface area contributed by atoms with Crippen molar-refractivity contribution in [2.24, 2.45) is 11.8 Å². The van der Waals surface area contributed by atoms with Gasteiger partial charge in [0, 0.05) is 12.3 Å². The quantitative estimate of drug-likeness (QED) is 0.637. The summed E-state index contributed by atoms with van der Waals surface area (Å²) in [7, 11) is -0.410. The number of esters is 1. The molecule has 3 atom stereocenters. The first kappa shape index (κ1) is 16.0. The first-order chi connectivity index (χ1) is 9.87. The van der Waals surface area contributed by atoms with Crippen LogP contribution in [0.25, 0.3) is 0 Å². The molecule has 1 fully saturated rings. The van der Waals surface area contributed by atoms with E-state index in [1.165, 1.54) is 12.3 Å². The van der Waals surface area contributed by atoms with Crippen LogP contribution in [0.15, 0.2) is 30.3 Å². The van der Waals surface area contributed by atoms with E-state index in [0.29, 0.717) is 6.42 Å². The lowest BCUT2D eigenvalue weighted by molar-refractivity contribution is -0.149. The second-order valence-corrected chi connectivity index (χ2v) is 11.4. The van der Waals surface area contributed by atoms with Gasteiger partial charge in [-0.15, -0.1) is 0 Å². The number of hydrogen-bond acceptors (Lipinski definition) is 3. The molecule has 1 saturated carbocycles. The SMILES string of the molecule is COC(=O)[C@@H]1CC(=O)[C@H](C)[C@@H]([Si](C)(C)c2ccccc2)C1. The van der Waals surface area contributed by atoms with Crippen molar-refractivity contribution in [1.29, 1.82) is 0 Å². The highest BCUT2D eigenvalue weighted by Gasteiger charge is 2.46. The van der Waals surface area contributed by atoms with Crippen LogP contribution in [0.4, 0.5) is 0 Å². The fourth-order valence-corrected chi connectivity index (χ4v) is 7.38. The first-order valence-electron chi connectivity index (χ1n) is 7.54. The number of carbonyl (C=O) groups is 2. The molecule has 0 saturated heterocycles. The molecule has 0 spiro atoms. The molecule has 1 aliphatic rings. The van der Waals surface area contributed by atoms with Crippen molar-refractivity contribution >= 4 is 25.0 Å². The highest BCUT2D eigenvalue weighted by atomic mass is 28.3. The average Bonchev–Trinajstić information content (AvgIpc) is 2.49. The van der Waals surface area contributed by atoms with Crippen molar-refractivity contribution in [2.75, 3.05) is 7.11 Å². The molecule has 1 aromatic carbocycles. The molecule has 0 radical (unpaired) electrons. The summed E-state index contributed by atoms with van der Waals surface area (Å²) in [6.07, 6.45) is 1.11. The predicted molar refractivity (Wildman–Crippen MR) is 86.2 cm³/mol. The number of ketones is 1. The van der Waals surface area contributed by atoms with Crippen LogP contribution in [0.5, 0.6) is 0 Å². The van der Waals surface area contributed by atoms with E-state index in [1.807, 2.05) is 13.0 Å². The van der Waals surface area contributed by atoms with Crippen molar-refractivity contribution in [1.82, 2.24) is 0 Å². The summed E-state index contributed by atoms with van der Waals surface area (Å²) in [5.74, 6) is -0.261. The van der Waals surface area contributed by atoms with Gasteiger partial charge in [-0.1, -0.05) is 55.5 Å². The third kappa shape index (κ3) is 3.10. The Kier molecular flexibility index (Phi) is 4.66. The Hall–Kier alpha value is -1.42. The van der Waals surface area contributed by atoms with Gasteiger partial charge in [0.2, 0.25) is 0 Å². The molecule has 114 valence electrons. The molecule has 1 aromatic rings. The van der Waals surface area contributed by atoms with E-state index in [4.69, 9.17) is 4.74 Å². The van der Waals surface area contributed by atoms with Crippen molar-refractivity contribution < 1.29 is 14.3 Å². The Labute approximate surface area is 127 Å². The molecule has 3 nitrogen and oxygen atoms in total. The van der Waals surface area contributed by atoms with Crippen LogP contribution in [-0.2, 0) is 14.3 Å². The lowest BCUT2D eigenvalue weighted by Crippen LogP contribution is -2.52. The maximum Gasteiger partial charge on any atom is 0.309 e. The average molecular weight is 304 g/mol. The molecule has 2 rings (SSSR count). The highest BCUT2D eigenvalue weighted by Crippen LogP contribution is 2.42. The fraction of sp³-hybridized carbons (Fsp3) is 0.529. The lowest BCUT2D eigenvalue weighted by atomic mass is 9.81. The molecule has 0 aromatic heterocycles. The minimum Gasteiger partial charge on any atom is -0.469 e. The van der Waals surface area contributed by atoms with Crippen molar-refractivity contribution in [3.8, 4) is 0 Å². The number of methoxy groups -OCH3 is 1. The molecule has 0 N–H and O–H groups in total. The summed E-state index contributed by atoms with van der Waals surface area (Å²) < 4.78 is 4.86. The van der Waals surface area contributed by atoms with Gasteiger partial charge in [-0.2, -0.15) is 0 Å². The largest absolute Gasteiger partial charge is 0.469 e. The van der Waals surface area contributed by atoms with Crippen LogP contribution < -0.4 is 5.19 Å². The van der Waals surface area contributed by atoms with Crippen molar-refractivity contribution in [3.63, 3.8) is 0 Å². The van der Waals surface area contributed by atoms with Gasteiger partial charge in [0.1, 0.15) is 5.78 Å². The Bertz CT molecular complexity index is 524. The Morgan fingerprint density at radius 3 is 2.43 bits per heavy atom. The third-order valence-electron chi connectivity index (χ3n) is 5.08. The lowest BCUT2D eigenvalue weighted by Gasteiger charge is -2.41. The first-order valence-corrected chi connectivity index (χ1v) is 10.6. The Balaban J connectivity index is 2.31. The van der Waals surface area contributed by atoms with Crippen LogP contribution in [0.1, 0.15) is 19.8 Å². The van der Waals surface area contributed by atoms with Gasteiger partial charge in [0.25, 0.3) is 0 Å². The Morgan fingerprint density at radius 2 is 1.86 bits per heavy atom. The van der Waals surface area contributed by atoms with Crippen LogP contribution >= 0.6 is 0 Å². The summed E-state index contributed by atoms with van der Waals surface area (Å²) in [5.41, 5.74) is 0.283. The molecule has 0 heterocycles. The van der Waals surface area contributed by atoms with Crippen LogP contribution in [-0.4, -0.2) is 26.9 Å². The van der Waals surface area contributed by atoms with Gasteiger partial charge in [-0.25, -0.2) is 0 Å². The molecule has 0 amide bonds. The minimum absolute atomic E-state index is 0.0350. The maximum absolute atomic E-state index is 12.3.